The second-order valence-electron chi connectivity index (χ2n) is 4.91. The van der Waals surface area contributed by atoms with Gasteiger partial charge in [-0.05, 0) is 31.9 Å². The SMILES string of the molecule is CCCSCc1noc(C(C)CCCC(C)N)n1. The van der Waals surface area contributed by atoms with E-state index in [2.05, 4.69) is 24.0 Å². The number of nitrogens with two attached hydrogens (primary N) is 1. The first-order chi connectivity index (χ1) is 8.63. The summed E-state index contributed by atoms with van der Waals surface area (Å²) in [6.45, 7) is 6.35. The fraction of sp³-hybridized carbons (Fsp3) is 0.846. The van der Waals surface area contributed by atoms with Crippen molar-refractivity contribution in [2.75, 3.05) is 5.75 Å². The first-order valence-electron chi connectivity index (χ1n) is 6.79. The molecule has 0 aliphatic carbocycles. The molecule has 2 unspecified atom stereocenters. The van der Waals surface area contributed by atoms with Crippen molar-refractivity contribution < 1.29 is 4.52 Å². The van der Waals surface area contributed by atoms with Gasteiger partial charge in [0.05, 0.1) is 5.75 Å². The lowest BCUT2D eigenvalue weighted by atomic mass is 10.0. The largest absolute Gasteiger partial charge is 0.339 e. The van der Waals surface area contributed by atoms with E-state index in [-0.39, 0.29) is 6.04 Å². The molecule has 0 radical (unpaired) electrons. The maximum Gasteiger partial charge on any atom is 0.229 e. The quantitative estimate of drug-likeness (QED) is 0.698. The van der Waals surface area contributed by atoms with Gasteiger partial charge in [0.15, 0.2) is 5.82 Å². The molecule has 0 bridgehead atoms. The van der Waals surface area contributed by atoms with Crippen LogP contribution in [-0.2, 0) is 5.75 Å². The Morgan fingerprint density at radius 3 is 2.78 bits per heavy atom. The van der Waals surface area contributed by atoms with E-state index in [9.17, 15) is 0 Å². The van der Waals surface area contributed by atoms with Crippen molar-refractivity contribution in [1.29, 1.82) is 0 Å². The topological polar surface area (TPSA) is 64.9 Å². The molecule has 104 valence electrons. The minimum Gasteiger partial charge on any atom is -0.339 e. The van der Waals surface area contributed by atoms with E-state index in [1.165, 1.54) is 6.42 Å². The van der Waals surface area contributed by atoms with E-state index in [0.717, 1.165) is 42.5 Å². The Balaban J connectivity index is 2.32. The van der Waals surface area contributed by atoms with Crippen molar-refractivity contribution >= 4 is 11.8 Å². The molecule has 18 heavy (non-hydrogen) atoms. The van der Waals surface area contributed by atoms with Gasteiger partial charge in [-0.2, -0.15) is 16.7 Å². The molecule has 1 aromatic heterocycles. The summed E-state index contributed by atoms with van der Waals surface area (Å²) >= 11 is 1.85. The molecule has 0 aliphatic rings. The standard InChI is InChI=1S/C13H25N3OS/c1-4-8-18-9-12-15-13(17-16-12)10(2)6-5-7-11(3)14/h10-11H,4-9,14H2,1-3H3. The maximum absolute atomic E-state index is 5.74. The Morgan fingerprint density at radius 1 is 1.33 bits per heavy atom. The molecule has 0 aliphatic heterocycles. The molecule has 1 heterocycles. The van der Waals surface area contributed by atoms with Gasteiger partial charge in [-0.15, -0.1) is 0 Å². The van der Waals surface area contributed by atoms with Crippen LogP contribution in [0.3, 0.4) is 0 Å². The maximum atomic E-state index is 5.74. The van der Waals surface area contributed by atoms with Crippen LogP contribution in [0.25, 0.3) is 0 Å². The van der Waals surface area contributed by atoms with Crippen LogP contribution in [0.15, 0.2) is 4.52 Å². The van der Waals surface area contributed by atoms with Gasteiger partial charge < -0.3 is 10.3 Å². The third kappa shape index (κ3) is 5.87. The summed E-state index contributed by atoms with van der Waals surface area (Å²) in [5.74, 6) is 3.92. The Bertz CT molecular complexity index is 328. The Hall–Kier alpha value is -0.550. The second kappa shape index (κ2) is 8.53. The molecule has 2 atom stereocenters. The fourth-order valence-corrected chi connectivity index (χ4v) is 2.44. The number of aromatic nitrogens is 2. The van der Waals surface area contributed by atoms with Gasteiger partial charge in [-0.1, -0.05) is 25.4 Å². The summed E-state index contributed by atoms with van der Waals surface area (Å²) in [4.78, 5) is 4.45. The van der Waals surface area contributed by atoms with Gasteiger partial charge >= 0.3 is 0 Å². The number of rotatable bonds is 9. The number of hydrogen-bond acceptors (Lipinski definition) is 5. The normalized spacial score (nSPS) is 14.7. The molecule has 0 fully saturated rings. The highest BCUT2D eigenvalue weighted by Crippen LogP contribution is 2.21. The first-order valence-corrected chi connectivity index (χ1v) is 7.94. The van der Waals surface area contributed by atoms with Gasteiger partial charge in [0.25, 0.3) is 0 Å². The third-order valence-electron chi connectivity index (χ3n) is 2.78. The summed E-state index contributed by atoms with van der Waals surface area (Å²) in [7, 11) is 0. The lowest BCUT2D eigenvalue weighted by Gasteiger charge is -2.07. The van der Waals surface area contributed by atoms with Crippen LogP contribution in [0, 0.1) is 0 Å². The van der Waals surface area contributed by atoms with Crippen LogP contribution in [0.4, 0.5) is 0 Å². The van der Waals surface area contributed by atoms with E-state index >= 15 is 0 Å². The fourth-order valence-electron chi connectivity index (χ4n) is 1.70. The number of hydrogen-bond donors (Lipinski definition) is 1. The smallest absolute Gasteiger partial charge is 0.229 e. The zero-order valence-electron chi connectivity index (χ0n) is 11.7. The molecule has 1 rings (SSSR count). The Labute approximate surface area is 114 Å². The van der Waals surface area contributed by atoms with Gasteiger partial charge in [0.1, 0.15) is 0 Å². The molecule has 5 heteroatoms. The van der Waals surface area contributed by atoms with Crippen molar-refractivity contribution in [1.82, 2.24) is 10.1 Å². The van der Waals surface area contributed by atoms with Crippen LogP contribution in [0.1, 0.15) is 64.1 Å². The third-order valence-corrected chi connectivity index (χ3v) is 3.94. The number of thioether (sulfide) groups is 1. The van der Waals surface area contributed by atoms with Gasteiger partial charge in [0.2, 0.25) is 5.89 Å². The summed E-state index contributed by atoms with van der Waals surface area (Å²) in [6.07, 6.45) is 4.41. The molecule has 0 amide bonds. The Morgan fingerprint density at radius 2 is 2.11 bits per heavy atom. The summed E-state index contributed by atoms with van der Waals surface area (Å²) in [5.41, 5.74) is 5.74. The first kappa shape index (κ1) is 15.5. The summed E-state index contributed by atoms with van der Waals surface area (Å²) in [5, 5.41) is 4.02. The molecular weight excluding hydrogens is 246 g/mol. The predicted molar refractivity (Wildman–Crippen MR) is 76.7 cm³/mol. The van der Waals surface area contributed by atoms with Gasteiger partial charge in [0, 0.05) is 12.0 Å². The van der Waals surface area contributed by atoms with Crippen molar-refractivity contribution in [3.05, 3.63) is 11.7 Å². The van der Waals surface area contributed by atoms with Crippen LogP contribution >= 0.6 is 11.8 Å². The molecule has 0 spiro atoms. The van der Waals surface area contributed by atoms with Crippen LogP contribution in [0.2, 0.25) is 0 Å². The molecule has 2 N–H and O–H groups in total. The van der Waals surface area contributed by atoms with Crippen LogP contribution in [0.5, 0.6) is 0 Å². The van der Waals surface area contributed by atoms with Crippen molar-refractivity contribution in [2.24, 2.45) is 5.73 Å². The lowest BCUT2D eigenvalue weighted by Crippen LogP contribution is -2.14. The number of nitrogens with zero attached hydrogens (tertiary/aromatic N) is 2. The summed E-state index contributed by atoms with van der Waals surface area (Å²) in [6, 6.07) is 0.279. The van der Waals surface area contributed by atoms with Crippen LogP contribution < -0.4 is 5.73 Å². The average Bonchev–Trinajstić information content (AvgIpc) is 2.77. The monoisotopic (exact) mass is 271 g/mol. The highest BCUT2D eigenvalue weighted by atomic mass is 32.2. The highest BCUT2D eigenvalue weighted by Gasteiger charge is 2.14. The predicted octanol–water partition coefficient (Wildman–Crippen LogP) is 3.33. The minimum atomic E-state index is 0.279. The molecule has 1 aromatic rings. The van der Waals surface area contributed by atoms with E-state index in [0.29, 0.717) is 5.92 Å². The molecule has 4 nitrogen and oxygen atoms in total. The van der Waals surface area contributed by atoms with Crippen molar-refractivity contribution in [3.63, 3.8) is 0 Å². The molecule has 0 aromatic carbocycles. The zero-order valence-corrected chi connectivity index (χ0v) is 12.5. The van der Waals surface area contributed by atoms with Gasteiger partial charge in [-0.3, -0.25) is 0 Å². The minimum absolute atomic E-state index is 0.279. The van der Waals surface area contributed by atoms with E-state index in [4.69, 9.17) is 10.3 Å². The average molecular weight is 271 g/mol. The molecule has 0 saturated heterocycles. The highest BCUT2D eigenvalue weighted by molar-refractivity contribution is 7.98. The molecule has 0 saturated carbocycles. The van der Waals surface area contributed by atoms with E-state index in [1.54, 1.807) is 0 Å². The Kier molecular flexibility index (Phi) is 7.35. The van der Waals surface area contributed by atoms with Crippen LogP contribution in [-0.4, -0.2) is 21.9 Å². The second-order valence-corrected chi connectivity index (χ2v) is 6.02. The van der Waals surface area contributed by atoms with Crippen molar-refractivity contribution in [2.45, 2.75) is 64.2 Å². The summed E-state index contributed by atoms with van der Waals surface area (Å²) < 4.78 is 5.31. The van der Waals surface area contributed by atoms with E-state index in [1.807, 2.05) is 18.7 Å². The molecular formula is C13H25N3OS. The zero-order chi connectivity index (χ0) is 13.4. The van der Waals surface area contributed by atoms with Gasteiger partial charge in [-0.25, -0.2) is 0 Å². The van der Waals surface area contributed by atoms with E-state index < -0.39 is 0 Å². The van der Waals surface area contributed by atoms with Crippen molar-refractivity contribution in [3.8, 4) is 0 Å². The lowest BCUT2D eigenvalue weighted by molar-refractivity contribution is 0.347.